The Morgan fingerprint density at radius 2 is 2.20 bits per heavy atom. The van der Waals surface area contributed by atoms with Crippen molar-refractivity contribution in [3.8, 4) is 0 Å². The average Bonchev–Trinajstić information content (AvgIpc) is 3.14. The molecule has 2 aromatic heterocycles. The number of hydrogen-bond acceptors (Lipinski definition) is 5. The number of ether oxygens (including phenoxy) is 1. The zero-order valence-electron chi connectivity index (χ0n) is 12.0. The summed E-state index contributed by atoms with van der Waals surface area (Å²) in [6, 6.07) is 0. The second-order valence-corrected chi connectivity index (χ2v) is 6.09. The van der Waals surface area contributed by atoms with E-state index in [2.05, 4.69) is 26.9 Å². The van der Waals surface area contributed by atoms with Crippen LogP contribution in [-0.2, 0) is 4.74 Å². The molecule has 0 radical (unpaired) electrons. The summed E-state index contributed by atoms with van der Waals surface area (Å²) in [5.74, 6) is 1.83. The number of aromatic nitrogens is 4. The first-order valence-corrected chi connectivity index (χ1v) is 7.18. The van der Waals surface area contributed by atoms with Crippen molar-refractivity contribution in [3.05, 3.63) is 17.6 Å². The van der Waals surface area contributed by atoms with E-state index in [1.165, 1.54) is 18.4 Å². The minimum atomic E-state index is 0.344. The third kappa shape index (κ3) is 1.64. The highest BCUT2D eigenvalue weighted by molar-refractivity contribution is 5.54. The van der Waals surface area contributed by atoms with E-state index in [0.29, 0.717) is 11.2 Å². The topological polar surface area (TPSA) is 55.5 Å². The predicted octanol–water partition coefficient (Wildman–Crippen LogP) is 1.36. The SMILES string of the molecule is Cc1nc2ncnn2c(N2CC[C@]3(CCOC3)C2)c1C. The third-order valence-corrected chi connectivity index (χ3v) is 4.80. The van der Waals surface area contributed by atoms with Crippen LogP contribution in [0.3, 0.4) is 0 Å². The predicted molar refractivity (Wildman–Crippen MR) is 75.0 cm³/mol. The molecule has 6 heteroatoms. The van der Waals surface area contributed by atoms with Gasteiger partial charge in [0.05, 0.1) is 6.61 Å². The maximum absolute atomic E-state index is 5.62. The van der Waals surface area contributed by atoms with Gasteiger partial charge in [-0.05, 0) is 26.7 Å². The summed E-state index contributed by atoms with van der Waals surface area (Å²) in [6.45, 7) is 8.07. The summed E-state index contributed by atoms with van der Waals surface area (Å²) in [5, 5.41) is 4.35. The average molecular weight is 273 g/mol. The molecule has 2 fully saturated rings. The number of fused-ring (bicyclic) bond motifs is 1. The Bertz CT molecular complexity index is 659. The van der Waals surface area contributed by atoms with Gasteiger partial charge in [0.15, 0.2) is 0 Å². The van der Waals surface area contributed by atoms with Crippen LogP contribution in [0.25, 0.3) is 5.78 Å². The molecule has 0 unspecified atom stereocenters. The van der Waals surface area contributed by atoms with Gasteiger partial charge in [0.2, 0.25) is 0 Å². The maximum atomic E-state index is 5.62. The van der Waals surface area contributed by atoms with Gasteiger partial charge in [0.1, 0.15) is 12.1 Å². The largest absolute Gasteiger partial charge is 0.381 e. The molecule has 2 aromatic rings. The highest BCUT2D eigenvalue weighted by Gasteiger charge is 2.42. The molecule has 2 saturated heterocycles. The number of aryl methyl sites for hydroxylation is 1. The maximum Gasteiger partial charge on any atom is 0.254 e. The monoisotopic (exact) mass is 273 g/mol. The van der Waals surface area contributed by atoms with E-state index in [9.17, 15) is 0 Å². The van der Waals surface area contributed by atoms with Crippen LogP contribution in [0.4, 0.5) is 5.82 Å². The Hall–Kier alpha value is -1.69. The summed E-state index contributed by atoms with van der Waals surface area (Å²) < 4.78 is 7.49. The first-order chi connectivity index (χ1) is 9.69. The smallest absolute Gasteiger partial charge is 0.254 e. The molecule has 4 heterocycles. The van der Waals surface area contributed by atoms with Gasteiger partial charge >= 0.3 is 0 Å². The van der Waals surface area contributed by atoms with Gasteiger partial charge in [0.25, 0.3) is 5.78 Å². The molecule has 0 aliphatic carbocycles. The van der Waals surface area contributed by atoms with Gasteiger partial charge in [-0.2, -0.15) is 14.6 Å². The third-order valence-electron chi connectivity index (χ3n) is 4.80. The first-order valence-electron chi connectivity index (χ1n) is 7.18. The molecule has 0 amide bonds. The van der Waals surface area contributed by atoms with E-state index in [4.69, 9.17) is 4.74 Å². The fourth-order valence-electron chi connectivity index (χ4n) is 3.47. The minimum absolute atomic E-state index is 0.344. The molecule has 1 atom stereocenters. The minimum Gasteiger partial charge on any atom is -0.381 e. The Labute approximate surface area is 117 Å². The summed E-state index contributed by atoms with van der Waals surface area (Å²) >= 11 is 0. The van der Waals surface area contributed by atoms with E-state index < -0.39 is 0 Å². The molecular weight excluding hydrogens is 254 g/mol. The second kappa shape index (κ2) is 4.15. The lowest BCUT2D eigenvalue weighted by Crippen LogP contribution is -2.29. The van der Waals surface area contributed by atoms with Gasteiger partial charge in [-0.15, -0.1) is 0 Å². The summed E-state index contributed by atoms with van der Waals surface area (Å²) in [7, 11) is 0. The molecule has 0 N–H and O–H groups in total. The van der Waals surface area contributed by atoms with E-state index >= 15 is 0 Å². The number of rotatable bonds is 1. The van der Waals surface area contributed by atoms with Crippen LogP contribution in [0.5, 0.6) is 0 Å². The normalized spacial score (nSPS) is 26.2. The zero-order chi connectivity index (χ0) is 13.7. The van der Waals surface area contributed by atoms with Crippen molar-refractivity contribution in [2.45, 2.75) is 26.7 Å². The summed E-state index contributed by atoms with van der Waals surface area (Å²) in [6.07, 6.45) is 3.95. The Morgan fingerprint density at radius 3 is 3.00 bits per heavy atom. The van der Waals surface area contributed by atoms with Crippen molar-refractivity contribution >= 4 is 11.6 Å². The van der Waals surface area contributed by atoms with Crippen molar-refractivity contribution < 1.29 is 4.74 Å². The number of hydrogen-bond donors (Lipinski definition) is 0. The molecule has 2 aliphatic rings. The second-order valence-electron chi connectivity index (χ2n) is 6.09. The quantitative estimate of drug-likeness (QED) is 0.785. The van der Waals surface area contributed by atoms with Crippen LogP contribution < -0.4 is 4.90 Å². The molecule has 4 rings (SSSR count). The van der Waals surface area contributed by atoms with Crippen molar-refractivity contribution in [2.24, 2.45) is 5.41 Å². The van der Waals surface area contributed by atoms with Crippen molar-refractivity contribution in [1.82, 2.24) is 19.6 Å². The number of nitrogens with zero attached hydrogens (tertiary/aromatic N) is 5. The molecule has 20 heavy (non-hydrogen) atoms. The van der Waals surface area contributed by atoms with E-state index in [1.807, 2.05) is 11.4 Å². The standard InChI is InChI=1S/C14H19N5O/c1-10-11(2)17-13-15-9-16-19(13)12(10)18-5-3-14(7-18)4-6-20-8-14/h9H,3-8H2,1-2H3/t14-/m0/s1. The lowest BCUT2D eigenvalue weighted by atomic mass is 9.87. The molecule has 1 spiro atoms. The fraction of sp³-hybridized carbons (Fsp3) is 0.643. The summed E-state index contributed by atoms with van der Waals surface area (Å²) in [4.78, 5) is 11.2. The van der Waals surface area contributed by atoms with Crippen LogP contribution in [0.1, 0.15) is 24.1 Å². The Morgan fingerprint density at radius 1 is 1.30 bits per heavy atom. The van der Waals surface area contributed by atoms with Crippen LogP contribution in [-0.4, -0.2) is 45.9 Å². The lowest BCUT2D eigenvalue weighted by molar-refractivity contribution is 0.160. The Kier molecular flexibility index (Phi) is 2.51. The van der Waals surface area contributed by atoms with Gasteiger partial charge < -0.3 is 9.64 Å². The van der Waals surface area contributed by atoms with E-state index in [1.54, 1.807) is 6.33 Å². The first kappa shape index (κ1) is 12.1. The van der Waals surface area contributed by atoms with Gasteiger partial charge in [-0.1, -0.05) is 0 Å². The van der Waals surface area contributed by atoms with Gasteiger partial charge in [-0.25, -0.2) is 4.98 Å². The van der Waals surface area contributed by atoms with Crippen LogP contribution in [0, 0.1) is 19.3 Å². The summed E-state index contributed by atoms with van der Waals surface area (Å²) in [5.41, 5.74) is 2.57. The molecule has 2 aliphatic heterocycles. The van der Waals surface area contributed by atoms with Crippen molar-refractivity contribution in [3.63, 3.8) is 0 Å². The van der Waals surface area contributed by atoms with Crippen LogP contribution in [0.15, 0.2) is 6.33 Å². The molecule has 0 saturated carbocycles. The molecule has 0 aromatic carbocycles. The molecule has 6 nitrogen and oxygen atoms in total. The van der Waals surface area contributed by atoms with Crippen LogP contribution >= 0.6 is 0 Å². The molecule has 106 valence electrons. The van der Waals surface area contributed by atoms with Crippen LogP contribution in [0.2, 0.25) is 0 Å². The number of anilines is 1. The Balaban J connectivity index is 1.79. The van der Waals surface area contributed by atoms with E-state index in [0.717, 1.165) is 37.8 Å². The van der Waals surface area contributed by atoms with Crippen molar-refractivity contribution in [2.75, 3.05) is 31.2 Å². The highest BCUT2D eigenvalue weighted by atomic mass is 16.5. The van der Waals surface area contributed by atoms with Gasteiger partial charge in [-0.3, -0.25) is 0 Å². The zero-order valence-corrected chi connectivity index (χ0v) is 12.0. The van der Waals surface area contributed by atoms with E-state index in [-0.39, 0.29) is 0 Å². The highest BCUT2D eigenvalue weighted by Crippen LogP contribution is 2.40. The van der Waals surface area contributed by atoms with Gasteiger partial charge in [0, 0.05) is 36.4 Å². The van der Waals surface area contributed by atoms with Crippen molar-refractivity contribution in [1.29, 1.82) is 0 Å². The molecule has 0 bridgehead atoms. The lowest BCUT2D eigenvalue weighted by Gasteiger charge is -2.25. The molecular formula is C14H19N5O. The fourth-order valence-corrected chi connectivity index (χ4v) is 3.47.